The lowest BCUT2D eigenvalue weighted by atomic mass is 9.82. The van der Waals surface area contributed by atoms with Gasteiger partial charge in [0.1, 0.15) is 0 Å². The van der Waals surface area contributed by atoms with Crippen LogP contribution in [0.5, 0.6) is 0 Å². The number of hydrogen-bond donors (Lipinski definition) is 1. The van der Waals surface area contributed by atoms with Crippen LogP contribution in [0.4, 0.5) is 13.2 Å². The number of aromatic nitrogens is 1. The number of methoxy groups -OCH3 is 1. The molecular weight excluding hydrogens is 483 g/mol. The highest BCUT2D eigenvalue weighted by atomic mass is 19.4. The summed E-state index contributed by atoms with van der Waals surface area (Å²) in [6.07, 6.45) is 0.554. The highest BCUT2D eigenvalue weighted by Gasteiger charge is 2.35. The van der Waals surface area contributed by atoms with Crippen molar-refractivity contribution in [1.82, 2.24) is 15.2 Å². The SMILES string of the molecule is COC(=O)C1CCC(CNC(=O)c2cnc3c(c2)CN(Cc2ccc(C(F)(F)F)cc2)[C@H]3C(C)C)CC1. The normalized spacial score (nSPS) is 22.1. The van der Waals surface area contributed by atoms with Crippen molar-refractivity contribution in [3.05, 3.63) is 64.5 Å². The number of carbonyl (C=O) groups excluding carboxylic acids is 2. The van der Waals surface area contributed by atoms with Gasteiger partial charge in [0.2, 0.25) is 0 Å². The molecule has 6 nitrogen and oxygen atoms in total. The van der Waals surface area contributed by atoms with E-state index >= 15 is 0 Å². The van der Waals surface area contributed by atoms with Crippen LogP contribution in [0.2, 0.25) is 0 Å². The molecule has 4 rings (SSSR count). The van der Waals surface area contributed by atoms with Gasteiger partial charge in [-0.05, 0) is 66.8 Å². The number of benzene rings is 1. The summed E-state index contributed by atoms with van der Waals surface area (Å²) in [6.45, 7) is 5.81. The standard InChI is InChI=1S/C28H34F3N3O3/c1-17(2)25-24-22(16-34(25)15-19-6-10-23(11-7-19)28(29,30)31)12-21(14-32-24)26(35)33-13-18-4-8-20(9-5-18)27(36)37-3/h6-7,10-12,14,17-18,20,25H,4-5,8-9,13,15-16H2,1-3H3,(H,33,35)/t18?,20?,25-/m0/s1. The largest absolute Gasteiger partial charge is 0.469 e. The summed E-state index contributed by atoms with van der Waals surface area (Å²) < 4.78 is 43.6. The number of esters is 1. The summed E-state index contributed by atoms with van der Waals surface area (Å²) in [5, 5.41) is 3.02. The van der Waals surface area contributed by atoms with E-state index in [1.165, 1.54) is 19.2 Å². The smallest absolute Gasteiger partial charge is 0.416 e. The predicted octanol–water partition coefficient (Wildman–Crippen LogP) is 5.52. The number of hydrogen-bond acceptors (Lipinski definition) is 5. The first-order chi connectivity index (χ1) is 17.6. The second-order valence-electron chi connectivity index (χ2n) is 10.5. The Morgan fingerprint density at radius 1 is 1.14 bits per heavy atom. The molecule has 2 heterocycles. The van der Waals surface area contributed by atoms with Crippen LogP contribution in [0.3, 0.4) is 0 Å². The lowest BCUT2D eigenvalue weighted by molar-refractivity contribution is -0.146. The van der Waals surface area contributed by atoms with Gasteiger partial charge in [-0.25, -0.2) is 0 Å². The van der Waals surface area contributed by atoms with Gasteiger partial charge in [-0.3, -0.25) is 19.5 Å². The third-order valence-corrected chi connectivity index (χ3v) is 7.54. The van der Waals surface area contributed by atoms with E-state index in [9.17, 15) is 22.8 Å². The molecule has 1 amide bonds. The van der Waals surface area contributed by atoms with Gasteiger partial charge in [-0.15, -0.1) is 0 Å². The summed E-state index contributed by atoms with van der Waals surface area (Å²) in [5.74, 6) is 0.198. The molecule has 37 heavy (non-hydrogen) atoms. The van der Waals surface area contributed by atoms with Gasteiger partial charge in [0, 0.05) is 25.8 Å². The van der Waals surface area contributed by atoms with Crippen molar-refractivity contribution in [2.45, 2.75) is 64.8 Å². The van der Waals surface area contributed by atoms with Gasteiger partial charge in [0.15, 0.2) is 0 Å². The molecular formula is C28H34F3N3O3. The number of fused-ring (bicyclic) bond motifs is 1. The maximum Gasteiger partial charge on any atom is 0.416 e. The summed E-state index contributed by atoms with van der Waals surface area (Å²) in [6, 6.07) is 7.17. The molecule has 1 aromatic heterocycles. The monoisotopic (exact) mass is 517 g/mol. The first kappa shape index (κ1) is 27.1. The molecule has 1 N–H and O–H groups in total. The van der Waals surface area contributed by atoms with Crippen LogP contribution >= 0.6 is 0 Å². The Bertz CT molecular complexity index is 1110. The van der Waals surface area contributed by atoms with Crippen LogP contribution in [0.15, 0.2) is 36.5 Å². The van der Waals surface area contributed by atoms with Crippen molar-refractivity contribution in [3.63, 3.8) is 0 Å². The zero-order valence-corrected chi connectivity index (χ0v) is 21.5. The van der Waals surface area contributed by atoms with E-state index in [0.29, 0.717) is 31.1 Å². The summed E-state index contributed by atoms with van der Waals surface area (Å²) in [7, 11) is 1.41. The molecule has 0 spiro atoms. The fraction of sp³-hybridized carbons (Fsp3) is 0.536. The molecule has 0 saturated heterocycles. The zero-order chi connectivity index (χ0) is 26.7. The highest BCUT2D eigenvalue weighted by Crippen LogP contribution is 2.39. The van der Waals surface area contributed by atoms with Crippen molar-refractivity contribution in [3.8, 4) is 0 Å². The van der Waals surface area contributed by atoms with Gasteiger partial charge in [-0.1, -0.05) is 26.0 Å². The second-order valence-corrected chi connectivity index (χ2v) is 10.5. The van der Waals surface area contributed by atoms with Crippen LogP contribution in [0, 0.1) is 17.8 Å². The lowest BCUT2D eigenvalue weighted by Gasteiger charge is -2.27. The molecule has 1 saturated carbocycles. The molecule has 0 radical (unpaired) electrons. The average Bonchev–Trinajstić information content (AvgIpc) is 3.24. The van der Waals surface area contributed by atoms with E-state index in [4.69, 9.17) is 4.74 Å². The molecule has 1 atom stereocenters. The van der Waals surface area contributed by atoms with Crippen molar-refractivity contribution >= 4 is 11.9 Å². The van der Waals surface area contributed by atoms with Crippen molar-refractivity contribution in [2.75, 3.05) is 13.7 Å². The summed E-state index contributed by atoms with van der Waals surface area (Å²) in [4.78, 5) is 31.4. The molecule has 9 heteroatoms. The van der Waals surface area contributed by atoms with Crippen LogP contribution in [-0.4, -0.2) is 35.4 Å². The first-order valence-corrected chi connectivity index (χ1v) is 12.8. The van der Waals surface area contributed by atoms with E-state index in [0.717, 1.165) is 54.6 Å². The van der Waals surface area contributed by atoms with Crippen molar-refractivity contribution < 1.29 is 27.5 Å². The number of nitrogens with one attached hydrogen (secondary N) is 1. The minimum Gasteiger partial charge on any atom is -0.469 e. The third-order valence-electron chi connectivity index (χ3n) is 7.54. The van der Waals surface area contributed by atoms with Crippen LogP contribution < -0.4 is 5.32 Å². The Morgan fingerprint density at radius 3 is 2.41 bits per heavy atom. The second kappa shape index (κ2) is 11.2. The van der Waals surface area contributed by atoms with E-state index in [1.54, 1.807) is 6.20 Å². The van der Waals surface area contributed by atoms with Gasteiger partial charge in [0.05, 0.1) is 35.9 Å². The molecule has 0 unspecified atom stereocenters. The molecule has 1 fully saturated rings. The summed E-state index contributed by atoms with van der Waals surface area (Å²) in [5.41, 5.74) is 2.53. The van der Waals surface area contributed by atoms with Crippen molar-refractivity contribution in [2.24, 2.45) is 17.8 Å². The fourth-order valence-electron chi connectivity index (χ4n) is 5.56. The maximum atomic E-state index is 12.9. The van der Waals surface area contributed by atoms with Crippen molar-refractivity contribution in [1.29, 1.82) is 0 Å². The number of amides is 1. The Kier molecular flexibility index (Phi) is 8.21. The van der Waals surface area contributed by atoms with Crippen LogP contribution in [0.1, 0.15) is 78.3 Å². The fourth-order valence-corrected chi connectivity index (χ4v) is 5.56. The predicted molar refractivity (Wildman–Crippen MR) is 132 cm³/mol. The topological polar surface area (TPSA) is 71.5 Å². The minimum atomic E-state index is -4.35. The Balaban J connectivity index is 1.38. The number of carbonyl (C=O) groups is 2. The van der Waals surface area contributed by atoms with E-state index in [1.807, 2.05) is 6.07 Å². The molecule has 1 aromatic carbocycles. The van der Waals surface area contributed by atoms with Gasteiger partial charge in [0.25, 0.3) is 5.91 Å². The molecule has 2 aliphatic rings. The molecule has 0 bridgehead atoms. The number of nitrogens with zero attached hydrogens (tertiary/aromatic N) is 2. The van der Waals surface area contributed by atoms with Crippen LogP contribution in [0.25, 0.3) is 0 Å². The number of pyridine rings is 1. The minimum absolute atomic E-state index is 0.0133. The summed E-state index contributed by atoms with van der Waals surface area (Å²) >= 11 is 0. The quantitative estimate of drug-likeness (QED) is 0.490. The maximum absolute atomic E-state index is 12.9. The number of rotatable bonds is 7. The Labute approximate surface area is 215 Å². The van der Waals surface area contributed by atoms with E-state index in [-0.39, 0.29) is 29.8 Å². The number of alkyl halides is 3. The lowest BCUT2D eigenvalue weighted by Crippen LogP contribution is -2.32. The van der Waals surface area contributed by atoms with Crippen LogP contribution in [-0.2, 0) is 28.8 Å². The molecule has 200 valence electrons. The first-order valence-electron chi connectivity index (χ1n) is 12.8. The number of halogens is 3. The zero-order valence-electron chi connectivity index (χ0n) is 21.5. The van der Waals surface area contributed by atoms with Gasteiger partial charge >= 0.3 is 12.1 Å². The van der Waals surface area contributed by atoms with E-state index < -0.39 is 11.7 Å². The van der Waals surface area contributed by atoms with E-state index in [2.05, 4.69) is 29.0 Å². The number of ether oxygens (including phenoxy) is 1. The highest BCUT2D eigenvalue weighted by molar-refractivity contribution is 5.94. The van der Waals surface area contributed by atoms with Gasteiger partial charge in [-0.2, -0.15) is 13.2 Å². The molecule has 1 aliphatic heterocycles. The average molecular weight is 518 g/mol. The Morgan fingerprint density at radius 2 is 1.81 bits per heavy atom. The molecule has 2 aromatic rings. The van der Waals surface area contributed by atoms with Gasteiger partial charge < -0.3 is 10.1 Å². The molecule has 1 aliphatic carbocycles. The Hall–Kier alpha value is -2.94. The third kappa shape index (κ3) is 6.32.